The van der Waals surface area contributed by atoms with Gasteiger partial charge < -0.3 is 14.6 Å². The van der Waals surface area contributed by atoms with Crippen molar-refractivity contribution < 1.29 is 19.1 Å². The molecular weight excluding hydrogens is 397 g/mol. The summed E-state index contributed by atoms with van der Waals surface area (Å²) in [5.41, 5.74) is 1.48. The number of aryl methyl sites for hydroxylation is 2. The van der Waals surface area contributed by atoms with Gasteiger partial charge in [-0.3, -0.25) is 9.59 Å². The summed E-state index contributed by atoms with van der Waals surface area (Å²) in [7, 11) is 0. The summed E-state index contributed by atoms with van der Waals surface area (Å²) in [5.74, 6) is -2.39. The van der Waals surface area contributed by atoms with Gasteiger partial charge in [0, 0.05) is 36.6 Å². The number of hydrogen-bond acceptors (Lipinski definition) is 4. The number of carbonyl (C=O) groups excluding carboxylic acids is 2. The number of aliphatic hydroxyl groups is 1. The third kappa shape index (κ3) is 3.99. The van der Waals surface area contributed by atoms with Gasteiger partial charge in [0.25, 0.3) is 11.7 Å². The highest BCUT2D eigenvalue weighted by atomic mass is 19.1. The first-order chi connectivity index (χ1) is 15.0. The van der Waals surface area contributed by atoms with Crippen LogP contribution in [0.15, 0.2) is 72.8 Å². The van der Waals surface area contributed by atoms with E-state index in [0.717, 1.165) is 5.56 Å². The fourth-order valence-corrected chi connectivity index (χ4v) is 3.84. The number of imidazole rings is 1. The van der Waals surface area contributed by atoms with Crippen LogP contribution in [0.2, 0.25) is 0 Å². The maximum Gasteiger partial charge on any atom is 0.295 e. The maximum absolute atomic E-state index is 14.7. The van der Waals surface area contributed by atoms with Gasteiger partial charge in [0.2, 0.25) is 0 Å². The molecule has 1 amide bonds. The average molecular weight is 419 g/mol. The van der Waals surface area contributed by atoms with Gasteiger partial charge in [-0.15, -0.1) is 0 Å². The molecule has 2 heterocycles. The molecule has 1 aliphatic heterocycles. The molecule has 3 aromatic rings. The van der Waals surface area contributed by atoms with Crippen molar-refractivity contribution >= 4 is 17.4 Å². The van der Waals surface area contributed by atoms with Crippen LogP contribution in [-0.2, 0) is 16.1 Å². The van der Waals surface area contributed by atoms with E-state index in [9.17, 15) is 19.1 Å². The molecule has 0 saturated carbocycles. The smallest absolute Gasteiger partial charge is 0.295 e. The summed E-state index contributed by atoms with van der Waals surface area (Å²) < 4.78 is 16.6. The molecule has 2 aromatic carbocycles. The third-order valence-electron chi connectivity index (χ3n) is 5.44. The molecule has 1 N–H and O–H groups in total. The number of aromatic nitrogens is 2. The van der Waals surface area contributed by atoms with Crippen molar-refractivity contribution in [2.24, 2.45) is 0 Å². The Hall–Kier alpha value is -3.74. The van der Waals surface area contributed by atoms with Crippen LogP contribution >= 0.6 is 0 Å². The summed E-state index contributed by atoms with van der Waals surface area (Å²) in [6, 6.07) is 12.0. The summed E-state index contributed by atoms with van der Waals surface area (Å²) in [6.45, 7) is 2.72. The molecular formula is C24H22FN3O3. The van der Waals surface area contributed by atoms with E-state index in [1.165, 1.54) is 17.0 Å². The average Bonchev–Trinajstić information content (AvgIpc) is 3.36. The number of benzene rings is 2. The number of nitrogens with zero attached hydrogens (tertiary/aromatic N) is 3. The van der Waals surface area contributed by atoms with Crippen molar-refractivity contribution in [3.05, 3.63) is 95.3 Å². The van der Waals surface area contributed by atoms with Crippen molar-refractivity contribution in [2.75, 3.05) is 6.54 Å². The normalized spacial score (nSPS) is 18.0. The number of halogens is 1. The lowest BCUT2D eigenvalue weighted by molar-refractivity contribution is -0.140. The van der Waals surface area contributed by atoms with Crippen molar-refractivity contribution in [1.29, 1.82) is 0 Å². The summed E-state index contributed by atoms with van der Waals surface area (Å²) in [6.07, 6.45) is 5.67. The molecule has 31 heavy (non-hydrogen) atoms. The topological polar surface area (TPSA) is 75.4 Å². The zero-order valence-corrected chi connectivity index (χ0v) is 17.0. The third-order valence-corrected chi connectivity index (χ3v) is 5.44. The van der Waals surface area contributed by atoms with E-state index in [0.29, 0.717) is 18.5 Å². The number of rotatable bonds is 6. The van der Waals surface area contributed by atoms with Crippen molar-refractivity contribution in [3.8, 4) is 0 Å². The van der Waals surface area contributed by atoms with Crippen molar-refractivity contribution in [2.45, 2.75) is 25.9 Å². The molecule has 6 nitrogen and oxygen atoms in total. The van der Waals surface area contributed by atoms with Gasteiger partial charge in [0.05, 0.1) is 17.9 Å². The lowest BCUT2D eigenvalue weighted by Gasteiger charge is -2.25. The minimum Gasteiger partial charge on any atom is -0.507 e. The lowest BCUT2D eigenvalue weighted by Crippen LogP contribution is -2.31. The minimum absolute atomic E-state index is 0.0958. The molecule has 0 aliphatic carbocycles. The summed E-state index contributed by atoms with van der Waals surface area (Å²) in [5, 5.41) is 11.0. The first-order valence-electron chi connectivity index (χ1n) is 10.0. The Balaban J connectivity index is 1.75. The fourth-order valence-electron chi connectivity index (χ4n) is 3.84. The van der Waals surface area contributed by atoms with Crippen LogP contribution in [0.3, 0.4) is 0 Å². The first-order valence-corrected chi connectivity index (χ1v) is 10.0. The van der Waals surface area contributed by atoms with Crippen LogP contribution in [0.25, 0.3) is 5.76 Å². The molecule has 0 radical (unpaired) electrons. The van der Waals surface area contributed by atoms with E-state index in [1.54, 1.807) is 55.1 Å². The highest BCUT2D eigenvalue weighted by Crippen LogP contribution is 2.40. The van der Waals surface area contributed by atoms with E-state index in [4.69, 9.17) is 0 Å². The molecule has 1 aromatic heterocycles. The second-order valence-corrected chi connectivity index (χ2v) is 7.53. The molecule has 0 bridgehead atoms. The van der Waals surface area contributed by atoms with Gasteiger partial charge >= 0.3 is 0 Å². The van der Waals surface area contributed by atoms with E-state index < -0.39 is 23.5 Å². The lowest BCUT2D eigenvalue weighted by atomic mass is 9.94. The number of likely N-dealkylation sites (tertiary alicyclic amines) is 1. The molecule has 1 unspecified atom stereocenters. The van der Waals surface area contributed by atoms with Crippen LogP contribution < -0.4 is 0 Å². The highest BCUT2D eigenvalue weighted by molar-refractivity contribution is 6.46. The first kappa shape index (κ1) is 20.5. The quantitative estimate of drug-likeness (QED) is 0.374. The molecule has 0 spiro atoms. The van der Waals surface area contributed by atoms with Crippen LogP contribution in [-0.4, -0.2) is 37.8 Å². The van der Waals surface area contributed by atoms with Gasteiger partial charge in [0.1, 0.15) is 11.6 Å². The molecule has 1 saturated heterocycles. The Bertz CT molecular complexity index is 1140. The van der Waals surface area contributed by atoms with E-state index in [1.807, 2.05) is 11.5 Å². The Morgan fingerprint density at radius 2 is 1.84 bits per heavy atom. The van der Waals surface area contributed by atoms with Gasteiger partial charge in [-0.05, 0) is 19.4 Å². The number of Topliss-reactive ketones (excluding diaryl/α,β-unsaturated/α-hetero) is 1. The summed E-state index contributed by atoms with van der Waals surface area (Å²) >= 11 is 0. The van der Waals surface area contributed by atoms with E-state index in [-0.39, 0.29) is 23.4 Å². The zero-order valence-electron chi connectivity index (χ0n) is 17.0. The van der Waals surface area contributed by atoms with Crippen LogP contribution in [0, 0.1) is 12.7 Å². The van der Waals surface area contributed by atoms with E-state index in [2.05, 4.69) is 4.98 Å². The Morgan fingerprint density at radius 3 is 2.52 bits per heavy atom. The van der Waals surface area contributed by atoms with Crippen molar-refractivity contribution in [1.82, 2.24) is 14.5 Å². The van der Waals surface area contributed by atoms with Gasteiger partial charge in [-0.1, -0.05) is 48.0 Å². The van der Waals surface area contributed by atoms with Gasteiger partial charge in [-0.2, -0.15) is 0 Å². The maximum atomic E-state index is 14.7. The predicted molar refractivity (Wildman–Crippen MR) is 113 cm³/mol. The summed E-state index contributed by atoms with van der Waals surface area (Å²) in [4.78, 5) is 31.2. The standard InChI is InChI=1S/C24H22FN3O3/c1-16-7-9-17(10-8-16)22(29)20-21(18-5-2-3-6-19(18)25)28(24(31)23(20)30)13-4-12-27-14-11-26-15-27/h2-3,5-11,14-15,21,29H,4,12-13H2,1H3/b22-20-. The fraction of sp³-hybridized carbons (Fsp3) is 0.208. The molecule has 1 aliphatic rings. The van der Waals surface area contributed by atoms with Crippen LogP contribution in [0.5, 0.6) is 0 Å². The molecule has 158 valence electrons. The van der Waals surface area contributed by atoms with Crippen molar-refractivity contribution in [3.63, 3.8) is 0 Å². The predicted octanol–water partition coefficient (Wildman–Crippen LogP) is 3.84. The second-order valence-electron chi connectivity index (χ2n) is 7.53. The largest absolute Gasteiger partial charge is 0.507 e. The van der Waals surface area contributed by atoms with Crippen LogP contribution in [0.1, 0.15) is 29.2 Å². The number of hydrogen-bond donors (Lipinski definition) is 1. The highest BCUT2D eigenvalue weighted by Gasteiger charge is 2.46. The molecule has 1 atom stereocenters. The second kappa shape index (κ2) is 8.55. The molecule has 4 rings (SSSR count). The van der Waals surface area contributed by atoms with Gasteiger partial charge in [0.15, 0.2) is 0 Å². The van der Waals surface area contributed by atoms with E-state index >= 15 is 0 Å². The number of ketones is 1. The molecule has 7 heteroatoms. The van der Waals surface area contributed by atoms with Gasteiger partial charge in [-0.25, -0.2) is 9.37 Å². The number of amides is 1. The SMILES string of the molecule is Cc1ccc(/C(O)=C2/C(=O)C(=O)N(CCCn3ccnc3)C2c2ccccc2F)cc1. The zero-order chi connectivity index (χ0) is 22.0. The Morgan fingerprint density at radius 1 is 1.10 bits per heavy atom. The Labute approximate surface area is 179 Å². The monoisotopic (exact) mass is 419 g/mol. The number of carbonyl (C=O) groups is 2. The molecule has 1 fully saturated rings. The minimum atomic E-state index is -0.995. The van der Waals surface area contributed by atoms with Crippen LogP contribution in [0.4, 0.5) is 4.39 Å². The number of aliphatic hydroxyl groups excluding tert-OH is 1. The Kier molecular flexibility index (Phi) is 5.66.